The molecule has 1 aliphatic heterocycles. The number of nitrogens with zero attached hydrogens (tertiary/aromatic N) is 2. The second-order valence-corrected chi connectivity index (χ2v) is 9.18. The van der Waals surface area contributed by atoms with Gasteiger partial charge in [-0.1, -0.05) is 11.6 Å². The van der Waals surface area contributed by atoms with Gasteiger partial charge in [0.25, 0.3) is 0 Å². The molecule has 1 aromatic heterocycles. The summed E-state index contributed by atoms with van der Waals surface area (Å²) in [6.07, 6.45) is 6.95. The SMILES string of the molecule is COc1cc(OC2CCC3(CC2)CN(C(=O)[C@H]2C[C@@](C)(O)C2)C3)ncc1Cl. The lowest BCUT2D eigenvalue weighted by Gasteiger charge is -2.55. The van der Waals surface area contributed by atoms with Crippen LogP contribution in [-0.4, -0.2) is 52.8 Å². The Morgan fingerprint density at radius 1 is 1.33 bits per heavy atom. The predicted molar refractivity (Wildman–Crippen MR) is 101 cm³/mol. The van der Waals surface area contributed by atoms with Crippen LogP contribution in [0.15, 0.2) is 12.3 Å². The first-order valence-corrected chi connectivity index (χ1v) is 10.0. The molecule has 2 aliphatic carbocycles. The Balaban J connectivity index is 1.25. The van der Waals surface area contributed by atoms with E-state index in [-0.39, 0.29) is 23.3 Å². The summed E-state index contributed by atoms with van der Waals surface area (Å²) in [5.74, 6) is 1.35. The highest BCUT2D eigenvalue weighted by Crippen LogP contribution is 2.47. The second-order valence-electron chi connectivity index (χ2n) is 8.77. The van der Waals surface area contributed by atoms with Crippen molar-refractivity contribution in [3.63, 3.8) is 0 Å². The smallest absolute Gasteiger partial charge is 0.225 e. The van der Waals surface area contributed by atoms with Gasteiger partial charge in [-0.15, -0.1) is 0 Å². The molecule has 3 aliphatic rings. The van der Waals surface area contributed by atoms with E-state index in [4.69, 9.17) is 21.1 Å². The molecular formula is C20H27ClN2O4. The number of aliphatic hydroxyl groups is 1. The van der Waals surface area contributed by atoms with Gasteiger partial charge < -0.3 is 19.5 Å². The highest BCUT2D eigenvalue weighted by atomic mass is 35.5. The fourth-order valence-electron chi connectivity index (χ4n) is 4.79. The van der Waals surface area contributed by atoms with Gasteiger partial charge in [-0.05, 0) is 45.4 Å². The summed E-state index contributed by atoms with van der Waals surface area (Å²) in [5.41, 5.74) is -0.385. The molecule has 1 aromatic rings. The van der Waals surface area contributed by atoms with Crippen LogP contribution < -0.4 is 9.47 Å². The summed E-state index contributed by atoms with van der Waals surface area (Å²) in [6.45, 7) is 3.51. The normalized spacial score (nSPS) is 29.8. The third-order valence-corrected chi connectivity index (χ3v) is 6.67. The highest BCUT2D eigenvalue weighted by molar-refractivity contribution is 6.31. The zero-order valence-electron chi connectivity index (χ0n) is 15.9. The van der Waals surface area contributed by atoms with E-state index in [9.17, 15) is 9.90 Å². The highest BCUT2D eigenvalue weighted by Gasteiger charge is 2.51. The zero-order valence-corrected chi connectivity index (χ0v) is 16.7. The van der Waals surface area contributed by atoms with Crippen molar-refractivity contribution < 1.29 is 19.4 Å². The number of carbonyl (C=O) groups is 1. The molecule has 0 atom stereocenters. The van der Waals surface area contributed by atoms with Gasteiger partial charge in [0, 0.05) is 30.5 Å². The fraction of sp³-hybridized carbons (Fsp3) is 0.700. The van der Waals surface area contributed by atoms with Crippen LogP contribution in [0.2, 0.25) is 5.02 Å². The summed E-state index contributed by atoms with van der Waals surface area (Å²) in [7, 11) is 1.57. The molecule has 4 rings (SSSR count). The Kier molecular flexibility index (Phi) is 4.75. The molecule has 7 heteroatoms. The largest absolute Gasteiger partial charge is 0.495 e. The van der Waals surface area contributed by atoms with Crippen molar-refractivity contribution in [2.75, 3.05) is 20.2 Å². The van der Waals surface area contributed by atoms with Gasteiger partial charge in [0.05, 0.1) is 18.9 Å². The van der Waals surface area contributed by atoms with Crippen LogP contribution in [-0.2, 0) is 4.79 Å². The van der Waals surface area contributed by atoms with Gasteiger partial charge in [-0.2, -0.15) is 0 Å². The summed E-state index contributed by atoms with van der Waals surface area (Å²) in [5, 5.41) is 10.3. The minimum Gasteiger partial charge on any atom is -0.495 e. The van der Waals surface area contributed by atoms with Crippen LogP contribution in [0.25, 0.3) is 0 Å². The van der Waals surface area contributed by atoms with E-state index >= 15 is 0 Å². The molecule has 2 saturated carbocycles. The average Bonchev–Trinajstić information content (AvgIpc) is 2.59. The number of halogens is 1. The first-order chi connectivity index (χ1) is 12.8. The summed E-state index contributed by atoms with van der Waals surface area (Å²) in [6, 6.07) is 1.73. The molecule has 3 fully saturated rings. The molecule has 2 heterocycles. The van der Waals surface area contributed by atoms with Crippen molar-refractivity contribution in [1.82, 2.24) is 9.88 Å². The number of ether oxygens (including phenoxy) is 2. The third kappa shape index (κ3) is 3.74. The van der Waals surface area contributed by atoms with Crippen molar-refractivity contribution in [3.8, 4) is 11.6 Å². The number of carbonyl (C=O) groups excluding carboxylic acids is 1. The number of hydrogen-bond acceptors (Lipinski definition) is 5. The van der Waals surface area contributed by atoms with E-state index in [1.807, 2.05) is 4.90 Å². The number of likely N-dealkylation sites (tertiary alicyclic amines) is 1. The van der Waals surface area contributed by atoms with E-state index in [1.165, 1.54) is 0 Å². The van der Waals surface area contributed by atoms with Gasteiger partial charge in [0.15, 0.2) is 0 Å². The Morgan fingerprint density at radius 2 is 2.00 bits per heavy atom. The van der Waals surface area contributed by atoms with Gasteiger partial charge >= 0.3 is 0 Å². The van der Waals surface area contributed by atoms with Crippen LogP contribution in [0.5, 0.6) is 11.6 Å². The van der Waals surface area contributed by atoms with Crippen LogP contribution in [0.1, 0.15) is 45.4 Å². The monoisotopic (exact) mass is 394 g/mol. The molecule has 27 heavy (non-hydrogen) atoms. The van der Waals surface area contributed by atoms with Gasteiger partial charge in [-0.3, -0.25) is 4.79 Å². The molecule has 1 N–H and O–H groups in total. The number of aromatic nitrogens is 1. The maximum atomic E-state index is 12.5. The molecule has 0 aromatic carbocycles. The van der Waals surface area contributed by atoms with Crippen molar-refractivity contribution in [2.24, 2.45) is 11.3 Å². The molecule has 6 nitrogen and oxygen atoms in total. The number of hydrogen-bond donors (Lipinski definition) is 1. The van der Waals surface area contributed by atoms with Crippen molar-refractivity contribution in [2.45, 2.75) is 57.2 Å². The average molecular weight is 395 g/mol. The van der Waals surface area contributed by atoms with E-state index in [0.717, 1.165) is 38.8 Å². The lowest BCUT2D eigenvalue weighted by atomic mass is 9.66. The lowest BCUT2D eigenvalue weighted by molar-refractivity contribution is -0.164. The minimum absolute atomic E-state index is 0.0166. The maximum absolute atomic E-state index is 12.5. The van der Waals surface area contributed by atoms with E-state index in [2.05, 4.69) is 4.98 Å². The van der Waals surface area contributed by atoms with E-state index in [0.29, 0.717) is 29.5 Å². The Labute approximate surface area is 164 Å². The summed E-state index contributed by atoms with van der Waals surface area (Å²) in [4.78, 5) is 18.7. The van der Waals surface area contributed by atoms with Gasteiger partial charge in [0.1, 0.15) is 16.9 Å². The summed E-state index contributed by atoms with van der Waals surface area (Å²) < 4.78 is 11.2. The zero-order chi connectivity index (χ0) is 19.2. The van der Waals surface area contributed by atoms with Crippen molar-refractivity contribution in [1.29, 1.82) is 0 Å². The fourth-order valence-corrected chi connectivity index (χ4v) is 4.97. The topological polar surface area (TPSA) is 71.9 Å². The molecule has 0 unspecified atom stereocenters. The summed E-state index contributed by atoms with van der Waals surface area (Å²) >= 11 is 6.01. The first-order valence-electron chi connectivity index (χ1n) is 9.67. The molecule has 1 spiro atoms. The van der Waals surface area contributed by atoms with E-state index in [1.54, 1.807) is 26.3 Å². The van der Waals surface area contributed by atoms with E-state index < -0.39 is 5.60 Å². The molecule has 148 valence electrons. The quantitative estimate of drug-likeness (QED) is 0.849. The molecular weight excluding hydrogens is 368 g/mol. The Hall–Kier alpha value is -1.53. The number of methoxy groups -OCH3 is 1. The Bertz CT molecular complexity index is 715. The van der Waals surface area contributed by atoms with Crippen molar-refractivity contribution in [3.05, 3.63) is 17.3 Å². The van der Waals surface area contributed by atoms with Crippen LogP contribution >= 0.6 is 11.6 Å². The van der Waals surface area contributed by atoms with Gasteiger partial charge in [0.2, 0.25) is 11.8 Å². The third-order valence-electron chi connectivity index (χ3n) is 6.38. The second kappa shape index (κ2) is 6.82. The molecule has 1 saturated heterocycles. The first kappa shape index (κ1) is 18.8. The van der Waals surface area contributed by atoms with Crippen LogP contribution in [0.3, 0.4) is 0 Å². The number of rotatable bonds is 4. The maximum Gasteiger partial charge on any atom is 0.225 e. The molecule has 0 radical (unpaired) electrons. The van der Waals surface area contributed by atoms with Crippen LogP contribution in [0.4, 0.5) is 0 Å². The number of pyridine rings is 1. The minimum atomic E-state index is -0.642. The lowest BCUT2D eigenvalue weighted by Crippen LogP contribution is -2.63. The molecule has 1 amide bonds. The Morgan fingerprint density at radius 3 is 2.59 bits per heavy atom. The molecule has 0 bridgehead atoms. The van der Waals surface area contributed by atoms with Crippen LogP contribution in [0, 0.1) is 11.3 Å². The van der Waals surface area contributed by atoms with Crippen molar-refractivity contribution >= 4 is 17.5 Å². The van der Waals surface area contributed by atoms with Gasteiger partial charge in [-0.25, -0.2) is 4.98 Å². The standard InChI is InChI=1S/C20H27ClN2O4/c1-19(25)8-13(9-19)18(24)23-11-20(12-23)5-3-14(4-6-20)27-17-7-16(26-2)15(21)10-22-17/h7,10,13-14,25H,3-6,8-9,11-12H2,1-2H3/t13-,19+. The predicted octanol–water partition coefficient (Wildman–Crippen LogP) is 3.05. The number of amides is 1.